The number of anilines is 1. The van der Waals surface area contributed by atoms with Gasteiger partial charge in [-0.3, -0.25) is 4.79 Å². The second-order valence-electron chi connectivity index (χ2n) is 3.77. The Morgan fingerprint density at radius 1 is 1.42 bits per heavy atom. The van der Waals surface area contributed by atoms with Crippen molar-refractivity contribution in [1.29, 1.82) is 0 Å². The van der Waals surface area contributed by atoms with Gasteiger partial charge in [0.25, 0.3) is 0 Å². The first-order valence-corrected chi connectivity index (χ1v) is 6.06. The van der Waals surface area contributed by atoms with Crippen LogP contribution in [0, 0.1) is 0 Å². The van der Waals surface area contributed by atoms with Crippen molar-refractivity contribution in [1.82, 2.24) is 5.32 Å². The van der Waals surface area contributed by atoms with Gasteiger partial charge in [0, 0.05) is 12.2 Å². The molecule has 0 unspecified atom stereocenters. The highest BCUT2D eigenvalue weighted by molar-refractivity contribution is 5.95. The van der Waals surface area contributed by atoms with E-state index in [1.165, 1.54) is 0 Å². The van der Waals surface area contributed by atoms with Gasteiger partial charge < -0.3 is 15.4 Å². The van der Waals surface area contributed by atoms with Crippen molar-refractivity contribution in [3.05, 3.63) is 42.5 Å². The van der Waals surface area contributed by atoms with Gasteiger partial charge in [-0.1, -0.05) is 12.1 Å². The molecule has 0 saturated carbocycles. The van der Waals surface area contributed by atoms with Gasteiger partial charge in [-0.25, -0.2) is 4.79 Å². The molecule has 0 heterocycles. The summed E-state index contributed by atoms with van der Waals surface area (Å²) in [5.41, 5.74) is 0.981. The third-order valence-electron chi connectivity index (χ3n) is 2.23. The molecule has 0 aliphatic rings. The highest BCUT2D eigenvalue weighted by Gasteiger charge is 2.08. The molecule has 2 N–H and O–H groups in total. The fraction of sp³-hybridized carbons (Fsp3) is 0.286. The van der Waals surface area contributed by atoms with Crippen LogP contribution < -0.4 is 10.6 Å². The Morgan fingerprint density at radius 2 is 2.21 bits per heavy atom. The van der Waals surface area contributed by atoms with E-state index >= 15 is 0 Å². The Bertz CT molecular complexity index is 458. The normalized spacial score (nSPS) is 9.74. The molecule has 0 saturated heterocycles. The minimum atomic E-state index is -0.400. The van der Waals surface area contributed by atoms with Gasteiger partial charge in [-0.15, -0.1) is 6.58 Å². The van der Waals surface area contributed by atoms with Crippen molar-refractivity contribution in [2.45, 2.75) is 6.92 Å². The average molecular weight is 262 g/mol. The molecule has 1 aromatic carbocycles. The maximum atomic E-state index is 11.6. The molecule has 0 aromatic heterocycles. The number of esters is 1. The summed E-state index contributed by atoms with van der Waals surface area (Å²) in [4.78, 5) is 23.1. The summed E-state index contributed by atoms with van der Waals surface area (Å²) >= 11 is 0. The first kappa shape index (κ1) is 14.9. The third kappa shape index (κ3) is 5.35. The van der Waals surface area contributed by atoms with E-state index in [-0.39, 0.29) is 12.5 Å². The summed E-state index contributed by atoms with van der Waals surface area (Å²) in [5, 5.41) is 5.59. The second-order valence-corrected chi connectivity index (χ2v) is 3.77. The number of nitrogens with one attached hydrogen (secondary N) is 2. The molecule has 19 heavy (non-hydrogen) atoms. The summed E-state index contributed by atoms with van der Waals surface area (Å²) in [6.45, 7) is 6.37. The Kier molecular flexibility index (Phi) is 6.32. The van der Waals surface area contributed by atoms with E-state index in [0.29, 0.717) is 24.4 Å². The predicted octanol–water partition coefficient (Wildman–Crippen LogP) is 1.58. The van der Waals surface area contributed by atoms with Crippen LogP contribution in [-0.4, -0.2) is 31.6 Å². The van der Waals surface area contributed by atoms with Crippen LogP contribution in [0.1, 0.15) is 17.3 Å². The van der Waals surface area contributed by atoms with Crippen molar-refractivity contribution >= 4 is 17.6 Å². The molecule has 0 aliphatic heterocycles. The van der Waals surface area contributed by atoms with Crippen molar-refractivity contribution < 1.29 is 14.3 Å². The standard InChI is InChI=1S/C14H18N2O3/c1-3-8-15-10-13(17)16-12-7-5-6-11(9-12)14(18)19-4-2/h3,5-7,9,15H,1,4,8,10H2,2H3,(H,16,17). The van der Waals surface area contributed by atoms with Gasteiger partial charge in [0.2, 0.25) is 5.91 Å². The minimum absolute atomic E-state index is 0.178. The highest BCUT2D eigenvalue weighted by Crippen LogP contribution is 2.11. The van der Waals surface area contributed by atoms with Crippen LogP contribution in [0.4, 0.5) is 5.69 Å². The van der Waals surface area contributed by atoms with Crippen molar-refractivity contribution in [3.8, 4) is 0 Å². The van der Waals surface area contributed by atoms with E-state index in [1.807, 2.05) is 0 Å². The molecule has 102 valence electrons. The number of carbonyl (C=O) groups is 2. The first-order chi connectivity index (χ1) is 9.17. The molecular formula is C14H18N2O3. The number of hydrogen-bond acceptors (Lipinski definition) is 4. The molecule has 5 nitrogen and oxygen atoms in total. The summed E-state index contributed by atoms with van der Waals surface area (Å²) in [6, 6.07) is 6.64. The van der Waals surface area contributed by atoms with Gasteiger partial charge >= 0.3 is 5.97 Å². The number of carbonyl (C=O) groups excluding carboxylic acids is 2. The highest BCUT2D eigenvalue weighted by atomic mass is 16.5. The largest absolute Gasteiger partial charge is 0.462 e. The monoisotopic (exact) mass is 262 g/mol. The molecule has 0 radical (unpaired) electrons. The lowest BCUT2D eigenvalue weighted by atomic mass is 10.2. The van der Waals surface area contributed by atoms with Crippen molar-refractivity contribution in [3.63, 3.8) is 0 Å². The van der Waals surface area contributed by atoms with Crippen LogP contribution in [0.2, 0.25) is 0 Å². The quantitative estimate of drug-likeness (QED) is 0.445. The topological polar surface area (TPSA) is 67.4 Å². The van der Waals surface area contributed by atoms with Crippen LogP contribution >= 0.6 is 0 Å². The lowest BCUT2D eigenvalue weighted by molar-refractivity contribution is -0.115. The smallest absolute Gasteiger partial charge is 0.338 e. The molecule has 0 fully saturated rings. The second kappa shape index (κ2) is 8.05. The summed E-state index contributed by atoms with van der Waals surface area (Å²) in [5.74, 6) is -0.578. The molecule has 0 aliphatic carbocycles. The molecular weight excluding hydrogens is 244 g/mol. The predicted molar refractivity (Wildman–Crippen MR) is 74.1 cm³/mol. The van der Waals surface area contributed by atoms with Crippen LogP contribution in [0.5, 0.6) is 0 Å². The zero-order valence-electron chi connectivity index (χ0n) is 10.9. The van der Waals surface area contributed by atoms with Gasteiger partial charge in [0.15, 0.2) is 0 Å². The van der Waals surface area contributed by atoms with E-state index < -0.39 is 5.97 Å². The molecule has 5 heteroatoms. The van der Waals surface area contributed by atoms with Crippen molar-refractivity contribution in [2.24, 2.45) is 0 Å². The maximum Gasteiger partial charge on any atom is 0.338 e. The van der Waals surface area contributed by atoms with Gasteiger partial charge in [-0.05, 0) is 25.1 Å². The molecule has 0 spiro atoms. The SMILES string of the molecule is C=CCNCC(=O)Nc1cccc(C(=O)OCC)c1. The number of hydrogen-bond donors (Lipinski definition) is 2. The molecule has 1 aromatic rings. The molecule has 1 amide bonds. The molecule has 0 atom stereocenters. The maximum absolute atomic E-state index is 11.6. The summed E-state index contributed by atoms with van der Waals surface area (Å²) < 4.78 is 4.89. The van der Waals surface area contributed by atoms with E-state index in [4.69, 9.17) is 4.74 Å². The molecule has 0 bridgehead atoms. The molecule has 1 rings (SSSR count). The lowest BCUT2D eigenvalue weighted by Gasteiger charge is -2.07. The van der Waals surface area contributed by atoms with Gasteiger partial charge in [-0.2, -0.15) is 0 Å². The fourth-order valence-electron chi connectivity index (χ4n) is 1.43. The van der Waals surface area contributed by atoms with Crippen LogP contribution in [0.15, 0.2) is 36.9 Å². The van der Waals surface area contributed by atoms with Gasteiger partial charge in [0.05, 0.1) is 18.7 Å². The minimum Gasteiger partial charge on any atom is -0.462 e. The van der Waals surface area contributed by atoms with Crippen LogP contribution in [0.3, 0.4) is 0 Å². The Labute approximate surface area is 112 Å². The van der Waals surface area contributed by atoms with E-state index in [1.54, 1.807) is 37.3 Å². The summed E-state index contributed by atoms with van der Waals surface area (Å²) in [6.07, 6.45) is 1.68. The Morgan fingerprint density at radius 3 is 2.89 bits per heavy atom. The van der Waals surface area contributed by atoms with E-state index in [9.17, 15) is 9.59 Å². The fourth-order valence-corrected chi connectivity index (χ4v) is 1.43. The first-order valence-electron chi connectivity index (χ1n) is 6.06. The zero-order chi connectivity index (χ0) is 14.1. The summed E-state index contributed by atoms with van der Waals surface area (Å²) in [7, 11) is 0. The van der Waals surface area contributed by atoms with Crippen molar-refractivity contribution in [2.75, 3.05) is 25.0 Å². The van der Waals surface area contributed by atoms with E-state index in [0.717, 1.165) is 0 Å². The van der Waals surface area contributed by atoms with E-state index in [2.05, 4.69) is 17.2 Å². The average Bonchev–Trinajstić information content (AvgIpc) is 2.39. The number of amides is 1. The number of rotatable bonds is 7. The third-order valence-corrected chi connectivity index (χ3v) is 2.23. The number of ether oxygens (including phenoxy) is 1. The van der Waals surface area contributed by atoms with Crippen LogP contribution in [0.25, 0.3) is 0 Å². The zero-order valence-corrected chi connectivity index (χ0v) is 10.9. The Balaban J connectivity index is 2.59. The van der Waals surface area contributed by atoms with Crippen LogP contribution in [-0.2, 0) is 9.53 Å². The Hall–Kier alpha value is -2.14. The number of benzene rings is 1. The lowest BCUT2D eigenvalue weighted by Crippen LogP contribution is -2.28. The van der Waals surface area contributed by atoms with Gasteiger partial charge in [0.1, 0.15) is 0 Å².